The number of rotatable bonds is 14. The molecule has 0 saturated carbocycles. The van der Waals surface area contributed by atoms with E-state index in [1.807, 2.05) is 37.9 Å². The lowest BCUT2D eigenvalue weighted by Crippen LogP contribution is -2.62. The lowest BCUT2D eigenvalue weighted by atomic mass is 9.88. The first-order valence-electron chi connectivity index (χ1n) is 29.0. The standard InChI is InChI=1S/C61H74F3N11O5/c1-69-46(35-48-47(16-22-65-58(48)69)44-10-13-53-51(33-44)67-55(38-79-2)75(53)57-5-3-4-32-80-57)37-70-23-19-42(20-24-70)41-6-8-43(9-7-41)60(78)74-26-17-40(18-27-74)36-71-25-21-54(61(63,64)39-71)73-30-28-72(29-31-73)52-14-11-45(34-49(52)62)66-50-12-15-56(76)68-59(50)77/h6-11,13-14,16,22,33-35,40,42,50,54,57,66H,3-5,12,15,17-21,23-32,36-39H2,1-2H3,(H,68,76,77). The minimum atomic E-state index is -2.89. The Balaban J connectivity index is 0.585. The molecule has 6 saturated heterocycles. The van der Waals surface area contributed by atoms with Crippen molar-refractivity contribution in [2.75, 3.05) is 95.9 Å². The molecule has 6 aromatic rings. The van der Waals surface area contributed by atoms with Gasteiger partial charge < -0.3 is 29.2 Å². The molecule has 9 heterocycles. The summed E-state index contributed by atoms with van der Waals surface area (Å²) in [5.74, 6) is -2.51. The van der Waals surface area contributed by atoms with Crippen LogP contribution in [0.1, 0.15) is 104 Å². The number of fused-ring (bicyclic) bond motifs is 2. The first kappa shape index (κ1) is 54.2. The number of likely N-dealkylation sites (tertiary alicyclic amines) is 3. The summed E-state index contributed by atoms with van der Waals surface area (Å²) in [7, 11) is 3.82. The average molecular weight is 1100 g/mol. The van der Waals surface area contributed by atoms with Crippen molar-refractivity contribution in [1.82, 2.24) is 44.0 Å². The quantitative estimate of drug-likeness (QED) is 0.101. The topological polar surface area (TPSA) is 146 Å². The number of carbonyl (C=O) groups excluding carboxylic acids is 3. The monoisotopic (exact) mass is 1100 g/mol. The van der Waals surface area contributed by atoms with Crippen LogP contribution in [-0.4, -0.2) is 160 Å². The fourth-order valence-electron chi connectivity index (χ4n) is 13.7. The zero-order chi connectivity index (χ0) is 55.1. The number of methoxy groups -OCH3 is 1. The maximum Gasteiger partial charge on any atom is 0.275 e. The van der Waals surface area contributed by atoms with E-state index in [4.69, 9.17) is 19.4 Å². The van der Waals surface area contributed by atoms with Crippen molar-refractivity contribution in [3.63, 3.8) is 0 Å². The number of hydrogen-bond donors (Lipinski definition) is 2. The van der Waals surface area contributed by atoms with Gasteiger partial charge >= 0.3 is 0 Å². The fourth-order valence-corrected chi connectivity index (χ4v) is 13.7. The molecule has 6 fully saturated rings. The zero-order valence-electron chi connectivity index (χ0n) is 46.1. The van der Waals surface area contributed by atoms with Crippen LogP contribution in [-0.2, 0) is 39.3 Å². The highest BCUT2D eigenvalue weighted by atomic mass is 19.3. The van der Waals surface area contributed by atoms with E-state index in [1.165, 1.54) is 17.3 Å². The van der Waals surface area contributed by atoms with Gasteiger partial charge in [-0.25, -0.2) is 23.1 Å². The molecule has 19 heteroatoms. The Morgan fingerprint density at radius 1 is 0.850 bits per heavy atom. The van der Waals surface area contributed by atoms with Crippen LogP contribution in [0.5, 0.6) is 0 Å². The summed E-state index contributed by atoms with van der Waals surface area (Å²) in [6.07, 6.45) is 9.61. The van der Waals surface area contributed by atoms with E-state index in [1.54, 1.807) is 19.2 Å². The highest BCUT2D eigenvalue weighted by molar-refractivity contribution is 6.01. The maximum atomic E-state index is 15.9. The number of anilines is 2. The van der Waals surface area contributed by atoms with Gasteiger partial charge in [-0.3, -0.25) is 39.0 Å². The molecular weight excluding hydrogens is 1020 g/mol. The van der Waals surface area contributed by atoms with Crippen LogP contribution in [0.3, 0.4) is 0 Å². The van der Waals surface area contributed by atoms with Gasteiger partial charge in [0.15, 0.2) is 0 Å². The van der Waals surface area contributed by atoms with Crippen molar-refractivity contribution in [3.05, 3.63) is 107 Å². The third-order valence-electron chi connectivity index (χ3n) is 18.1. The molecule has 0 radical (unpaired) electrons. The number of alkyl halides is 2. The summed E-state index contributed by atoms with van der Waals surface area (Å²) in [6.45, 7) is 7.74. The number of piperazine rings is 1. The molecule has 3 unspecified atom stereocenters. The van der Waals surface area contributed by atoms with E-state index in [-0.39, 0.29) is 36.9 Å². The first-order valence-corrected chi connectivity index (χ1v) is 29.0. The molecule has 3 aromatic heterocycles. The lowest BCUT2D eigenvalue weighted by Gasteiger charge is -2.47. The van der Waals surface area contributed by atoms with Gasteiger partial charge in [0.25, 0.3) is 11.8 Å². The van der Waals surface area contributed by atoms with E-state index in [0.29, 0.717) is 94.7 Å². The number of aryl methyl sites for hydroxylation is 1. The highest BCUT2D eigenvalue weighted by Crippen LogP contribution is 2.38. The number of nitrogens with one attached hydrogen (secondary N) is 2. The van der Waals surface area contributed by atoms with Crippen LogP contribution < -0.4 is 15.5 Å². The number of hydrogen-bond acceptors (Lipinski definition) is 12. The van der Waals surface area contributed by atoms with E-state index in [0.717, 1.165) is 110 Å². The van der Waals surface area contributed by atoms with E-state index < -0.39 is 29.7 Å². The number of amides is 3. The first-order chi connectivity index (χ1) is 38.8. The SMILES string of the molecule is COCc1nc2cc(-c3ccnc4c3cc(CN3CCC(c5ccc(C(=O)N6CCC(CN7CCC(N8CCN(c9ccc(NC%10CCC(=O)NC%10=O)cc9F)CC8)C(F)(F)C7)CC6)cc5)CC3)n4C)ccc2n1C1CCCCO1. The van der Waals surface area contributed by atoms with Crippen LogP contribution in [0.25, 0.3) is 33.2 Å². The van der Waals surface area contributed by atoms with Gasteiger partial charge in [-0.1, -0.05) is 18.2 Å². The predicted molar refractivity (Wildman–Crippen MR) is 301 cm³/mol. The van der Waals surface area contributed by atoms with Crippen molar-refractivity contribution >= 4 is 51.2 Å². The molecule has 16 nitrogen and oxygen atoms in total. The normalized spacial score (nSPS) is 23.3. The minimum absolute atomic E-state index is 0.0311. The lowest BCUT2D eigenvalue weighted by molar-refractivity contribution is -0.133. The van der Waals surface area contributed by atoms with Gasteiger partial charge in [-0.2, -0.15) is 0 Å². The largest absolute Gasteiger partial charge is 0.377 e. The number of pyridine rings is 1. The fraction of sp³-hybridized carbons (Fsp3) is 0.525. The van der Waals surface area contributed by atoms with E-state index >= 15 is 13.2 Å². The Morgan fingerprint density at radius 3 is 2.36 bits per heavy atom. The third-order valence-corrected chi connectivity index (χ3v) is 18.1. The van der Waals surface area contributed by atoms with Crippen LogP contribution in [0.15, 0.2) is 79.0 Å². The molecule has 3 atom stereocenters. The van der Waals surface area contributed by atoms with Crippen LogP contribution in [0, 0.1) is 11.7 Å². The van der Waals surface area contributed by atoms with Crippen molar-refractivity contribution < 1.29 is 37.0 Å². The number of piperidine rings is 4. The summed E-state index contributed by atoms with van der Waals surface area (Å²) in [6, 6.07) is 22.4. The van der Waals surface area contributed by atoms with Crippen LogP contribution in [0.4, 0.5) is 24.5 Å². The minimum Gasteiger partial charge on any atom is -0.377 e. The van der Waals surface area contributed by atoms with Gasteiger partial charge in [0, 0.05) is 115 Å². The molecule has 80 heavy (non-hydrogen) atoms. The Labute approximate surface area is 465 Å². The van der Waals surface area contributed by atoms with Gasteiger partial charge in [0.1, 0.15) is 36.2 Å². The number of carbonyl (C=O) groups is 3. The van der Waals surface area contributed by atoms with Crippen molar-refractivity contribution in [1.29, 1.82) is 0 Å². The Hall–Kier alpha value is -6.38. The van der Waals surface area contributed by atoms with Gasteiger partial charge in [-0.05, 0) is 154 Å². The number of nitrogens with zero attached hydrogens (tertiary/aromatic N) is 9. The molecule has 0 bridgehead atoms. The zero-order valence-corrected chi connectivity index (χ0v) is 46.1. The molecule has 3 amide bonds. The molecule has 424 valence electrons. The van der Waals surface area contributed by atoms with Crippen molar-refractivity contribution in [2.24, 2.45) is 13.0 Å². The van der Waals surface area contributed by atoms with Crippen LogP contribution >= 0.6 is 0 Å². The Kier molecular flexibility index (Phi) is 15.7. The van der Waals surface area contributed by atoms with E-state index in [2.05, 4.69) is 74.2 Å². The summed E-state index contributed by atoms with van der Waals surface area (Å²) in [5, 5.41) is 6.44. The summed E-state index contributed by atoms with van der Waals surface area (Å²) in [5.41, 5.74) is 9.22. The number of imidazole rings is 1. The smallest absolute Gasteiger partial charge is 0.275 e. The predicted octanol–water partition coefficient (Wildman–Crippen LogP) is 8.56. The van der Waals surface area contributed by atoms with Crippen molar-refractivity contribution in [3.8, 4) is 11.1 Å². The Morgan fingerprint density at radius 2 is 1.64 bits per heavy atom. The molecule has 6 aliphatic heterocycles. The van der Waals surface area contributed by atoms with Gasteiger partial charge in [-0.15, -0.1) is 0 Å². The average Bonchev–Trinajstić information content (AvgIpc) is 4.02. The second kappa shape index (κ2) is 23.2. The number of benzene rings is 3. The molecule has 3 aromatic carbocycles. The summed E-state index contributed by atoms with van der Waals surface area (Å²) in [4.78, 5) is 57.4. The molecule has 0 spiro atoms. The van der Waals surface area contributed by atoms with Crippen molar-refractivity contribution in [2.45, 2.75) is 108 Å². The van der Waals surface area contributed by atoms with Gasteiger partial charge in [0.2, 0.25) is 11.8 Å². The number of ether oxygens (including phenoxy) is 2. The maximum absolute atomic E-state index is 15.9. The second-order valence-electron chi connectivity index (χ2n) is 23.2. The third kappa shape index (κ3) is 11.3. The summed E-state index contributed by atoms with van der Waals surface area (Å²) >= 11 is 0. The van der Waals surface area contributed by atoms with Gasteiger partial charge in [0.05, 0.1) is 29.3 Å². The molecule has 0 aliphatic carbocycles. The Bertz CT molecular complexity index is 3210. The second-order valence-corrected chi connectivity index (χ2v) is 23.2. The molecular formula is C61H74F3N11O5. The van der Waals surface area contributed by atoms with Crippen LogP contribution in [0.2, 0.25) is 0 Å². The molecule has 6 aliphatic rings. The highest BCUT2D eigenvalue weighted by Gasteiger charge is 2.48. The molecule has 2 N–H and O–H groups in total. The number of halogens is 3. The van der Waals surface area contributed by atoms with E-state index in [9.17, 15) is 14.4 Å². The number of aromatic nitrogens is 4. The molecule has 12 rings (SSSR count). The number of imide groups is 1. The summed E-state index contributed by atoms with van der Waals surface area (Å²) < 4.78 is 63.4.